The highest BCUT2D eigenvalue weighted by Gasteiger charge is 2.21. The molecule has 0 aliphatic heterocycles. The summed E-state index contributed by atoms with van der Waals surface area (Å²) in [5, 5.41) is 4.61. The van der Waals surface area contributed by atoms with E-state index in [1.807, 2.05) is 12.1 Å². The Hall–Kier alpha value is -3.02. The van der Waals surface area contributed by atoms with E-state index in [4.69, 9.17) is 16.6 Å². The van der Waals surface area contributed by atoms with E-state index in [-0.39, 0.29) is 11.9 Å². The van der Waals surface area contributed by atoms with Gasteiger partial charge in [0.15, 0.2) is 5.16 Å². The number of carbonyl (C=O) groups is 1. The number of halogens is 1. The van der Waals surface area contributed by atoms with Gasteiger partial charge in [0.2, 0.25) is 0 Å². The van der Waals surface area contributed by atoms with Crippen LogP contribution in [0, 0.1) is 0 Å². The minimum absolute atomic E-state index is 0.0805. The van der Waals surface area contributed by atoms with Crippen molar-refractivity contribution >= 4 is 29.3 Å². The summed E-state index contributed by atoms with van der Waals surface area (Å²) in [6, 6.07) is 28.0. The van der Waals surface area contributed by atoms with E-state index in [9.17, 15) is 4.79 Å². The second-order valence-corrected chi connectivity index (χ2v) is 9.75. The summed E-state index contributed by atoms with van der Waals surface area (Å²) in [5.41, 5.74) is 5.02. The van der Waals surface area contributed by atoms with Crippen LogP contribution in [0.4, 0.5) is 0 Å². The SMILES string of the molecule is CC(C)n1c(SCCCNC(=O)c2ccc(Cl)cc2)nc(-c2ccccc2)c1-c1ccccc1. The minimum Gasteiger partial charge on any atom is -0.352 e. The van der Waals surface area contributed by atoms with E-state index in [1.165, 1.54) is 0 Å². The Bertz CT molecular complexity index is 1220. The molecule has 1 heterocycles. The molecule has 4 rings (SSSR count). The van der Waals surface area contributed by atoms with Crippen molar-refractivity contribution in [3.63, 3.8) is 0 Å². The molecule has 34 heavy (non-hydrogen) atoms. The van der Waals surface area contributed by atoms with E-state index in [0.717, 1.165) is 39.8 Å². The topological polar surface area (TPSA) is 46.9 Å². The number of hydrogen-bond donors (Lipinski definition) is 1. The van der Waals surface area contributed by atoms with Gasteiger partial charge in [-0.05, 0) is 44.5 Å². The molecule has 4 nitrogen and oxygen atoms in total. The van der Waals surface area contributed by atoms with Crippen LogP contribution in [0.1, 0.15) is 36.7 Å². The summed E-state index contributed by atoms with van der Waals surface area (Å²) in [4.78, 5) is 17.4. The Labute approximate surface area is 210 Å². The molecule has 3 aromatic carbocycles. The molecule has 0 aliphatic carbocycles. The van der Waals surface area contributed by atoms with Crippen LogP contribution in [-0.2, 0) is 0 Å². The molecular weight excluding hydrogens is 462 g/mol. The molecule has 1 N–H and O–H groups in total. The van der Waals surface area contributed by atoms with Crippen molar-refractivity contribution in [3.05, 3.63) is 95.5 Å². The van der Waals surface area contributed by atoms with Crippen molar-refractivity contribution in [2.75, 3.05) is 12.3 Å². The molecule has 6 heteroatoms. The normalized spacial score (nSPS) is 11.1. The molecule has 0 radical (unpaired) electrons. The van der Waals surface area contributed by atoms with Gasteiger partial charge >= 0.3 is 0 Å². The van der Waals surface area contributed by atoms with Crippen LogP contribution in [0.2, 0.25) is 5.02 Å². The van der Waals surface area contributed by atoms with Gasteiger partial charge in [-0.1, -0.05) is 84.0 Å². The Morgan fingerprint density at radius 2 is 1.56 bits per heavy atom. The lowest BCUT2D eigenvalue weighted by molar-refractivity contribution is 0.0954. The standard InChI is InChI=1S/C28H28ClN3OS/c1-20(2)32-26(22-12-7-4-8-13-22)25(21-10-5-3-6-11-21)31-28(32)34-19-9-18-30-27(33)23-14-16-24(29)17-15-23/h3-8,10-17,20H,9,18-19H2,1-2H3,(H,30,33). The molecular formula is C28H28ClN3OS. The van der Waals surface area contributed by atoms with Gasteiger partial charge < -0.3 is 9.88 Å². The summed E-state index contributed by atoms with van der Waals surface area (Å²) >= 11 is 7.64. The average molecular weight is 490 g/mol. The van der Waals surface area contributed by atoms with Crippen LogP contribution >= 0.6 is 23.4 Å². The number of carbonyl (C=O) groups excluding carboxylic acids is 1. The van der Waals surface area contributed by atoms with E-state index >= 15 is 0 Å². The molecule has 0 fully saturated rings. The zero-order valence-electron chi connectivity index (χ0n) is 19.4. The number of aromatic nitrogens is 2. The lowest BCUT2D eigenvalue weighted by atomic mass is 10.0. The van der Waals surface area contributed by atoms with E-state index in [2.05, 4.69) is 72.3 Å². The molecule has 0 bridgehead atoms. The Morgan fingerprint density at radius 1 is 0.941 bits per heavy atom. The number of rotatable bonds is 9. The van der Waals surface area contributed by atoms with Crippen LogP contribution in [0.15, 0.2) is 90.1 Å². The van der Waals surface area contributed by atoms with Crippen LogP contribution in [-0.4, -0.2) is 27.8 Å². The van der Waals surface area contributed by atoms with Gasteiger partial charge in [0.1, 0.15) is 0 Å². The predicted molar refractivity (Wildman–Crippen MR) is 143 cm³/mol. The number of benzene rings is 3. The zero-order chi connectivity index (χ0) is 23.9. The monoisotopic (exact) mass is 489 g/mol. The molecule has 174 valence electrons. The second-order valence-electron chi connectivity index (χ2n) is 8.25. The highest BCUT2D eigenvalue weighted by Crippen LogP contribution is 2.38. The summed E-state index contributed by atoms with van der Waals surface area (Å²) in [7, 11) is 0. The van der Waals surface area contributed by atoms with Crippen molar-refractivity contribution in [1.82, 2.24) is 14.9 Å². The second kappa shape index (κ2) is 11.4. The number of nitrogens with zero attached hydrogens (tertiary/aromatic N) is 2. The highest BCUT2D eigenvalue weighted by atomic mass is 35.5. The molecule has 0 spiro atoms. The third kappa shape index (κ3) is 5.72. The van der Waals surface area contributed by atoms with Crippen molar-refractivity contribution < 1.29 is 4.79 Å². The third-order valence-corrected chi connectivity index (χ3v) is 6.72. The molecule has 0 aliphatic rings. The lowest BCUT2D eigenvalue weighted by Crippen LogP contribution is -2.24. The van der Waals surface area contributed by atoms with Gasteiger partial charge in [-0.3, -0.25) is 4.79 Å². The molecule has 1 amide bonds. The van der Waals surface area contributed by atoms with Crippen LogP contribution in [0.25, 0.3) is 22.5 Å². The fraction of sp³-hybridized carbons (Fsp3) is 0.214. The first kappa shape index (κ1) is 24.1. The van der Waals surface area contributed by atoms with Crippen molar-refractivity contribution in [1.29, 1.82) is 0 Å². The first-order valence-corrected chi connectivity index (χ1v) is 12.8. The number of hydrogen-bond acceptors (Lipinski definition) is 3. The Morgan fingerprint density at radius 3 is 2.18 bits per heavy atom. The van der Waals surface area contributed by atoms with E-state index in [0.29, 0.717) is 17.1 Å². The van der Waals surface area contributed by atoms with E-state index < -0.39 is 0 Å². The summed E-state index contributed by atoms with van der Waals surface area (Å²) < 4.78 is 2.33. The summed E-state index contributed by atoms with van der Waals surface area (Å²) in [5.74, 6) is 0.774. The van der Waals surface area contributed by atoms with Gasteiger partial charge in [0.25, 0.3) is 5.91 Å². The fourth-order valence-corrected chi connectivity index (χ4v) is 5.00. The fourth-order valence-electron chi connectivity index (χ4n) is 3.80. The smallest absolute Gasteiger partial charge is 0.251 e. The Kier molecular flexibility index (Phi) is 8.09. The van der Waals surface area contributed by atoms with Crippen LogP contribution < -0.4 is 5.32 Å². The Balaban J connectivity index is 1.50. The number of thioether (sulfide) groups is 1. The number of nitrogens with one attached hydrogen (secondary N) is 1. The van der Waals surface area contributed by atoms with Gasteiger partial charge in [0, 0.05) is 40.1 Å². The third-order valence-electron chi connectivity index (χ3n) is 5.43. The molecule has 0 atom stereocenters. The maximum absolute atomic E-state index is 12.3. The number of amides is 1. The van der Waals surface area contributed by atoms with E-state index in [1.54, 1.807) is 36.0 Å². The highest BCUT2D eigenvalue weighted by molar-refractivity contribution is 7.99. The van der Waals surface area contributed by atoms with Crippen molar-refractivity contribution in [2.24, 2.45) is 0 Å². The maximum atomic E-state index is 12.3. The van der Waals surface area contributed by atoms with Gasteiger partial charge in [-0.2, -0.15) is 0 Å². The summed E-state index contributed by atoms with van der Waals surface area (Å²) in [6.07, 6.45) is 0.844. The molecule has 0 saturated heterocycles. The molecule has 1 aromatic heterocycles. The predicted octanol–water partition coefficient (Wildman–Crippen LogP) is 7.36. The first-order chi connectivity index (χ1) is 16.5. The van der Waals surface area contributed by atoms with Gasteiger partial charge in [0.05, 0.1) is 11.4 Å². The quantitative estimate of drug-likeness (QED) is 0.197. The maximum Gasteiger partial charge on any atom is 0.251 e. The van der Waals surface area contributed by atoms with Crippen LogP contribution in [0.3, 0.4) is 0 Å². The minimum atomic E-state index is -0.0805. The zero-order valence-corrected chi connectivity index (χ0v) is 20.9. The van der Waals surface area contributed by atoms with Crippen LogP contribution in [0.5, 0.6) is 0 Å². The molecule has 0 saturated carbocycles. The lowest BCUT2D eigenvalue weighted by Gasteiger charge is -2.16. The number of imidazole rings is 1. The molecule has 4 aromatic rings. The molecule has 0 unspecified atom stereocenters. The summed E-state index contributed by atoms with van der Waals surface area (Å²) in [6.45, 7) is 4.99. The van der Waals surface area contributed by atoms with Crippen molar-refractivity contribution in [3.8, 4) is 22.5 Å². The average Bonchev–Trinajstić information content (AvgIpc) is 3.25. The largest absolute Gasteiger partial charge is 0.352 e. The van der Waals surface area contributed by atoms with Crippen molar-refractivity contribution in [2.45, 2.75) is 31.5 Å². The van der Waals surface area contributed by atoms with Gasteiger partial charge in [-0.25, -0.2) is 4.98 Å². The first-order valence-electron chi connectivity index (χ1n) is 11.4. The van der Waals surface area contributed by atoms with Gasteiger partial charge in [-0.15, -0.1) is 0 Å².